The number of aromatic nitrogens is 1. The van der Waals surface area contributed by atoms with Crippen LogP contribution in [0.25, 0.3) is 0 Å². The third-order valence-electron chi connectivity index (χ3n) is 4.66. The van der Waals surface area contributed by atoms with Crippen LogP contribution < -0.4 is 15.0 Å². The Balaban J connectivity index is 1.80. The molecule has 5 heteroatoms. The molecule has 0 unspecified atom stereocenters. The summed E-state index contributed by atoms with van der Waals surface area (Å²) in [5, 5.41) is 3.50. The van der Waals surface area contributed by atoms with Crippen LogP contribution in [0.15, 0.2) is 60.8 Å². The number of nitrogens with zero attached hydrogens (tertiary/aromatic N) is 2. The molecule has 0 bridgehead atoms. The number of fused-ring (bicyclic) bond motifs is 1. The molecule has 136 valence electrons. The van der Waals surface area contributed by atoms with Crippen LogP contribution in [0.3, 0.4) is 0 Å². The number of hydrogen-bond donors (Lipinski definition) is 1. The molecular weight excluding hydrogens is 338 g/mol. The molecule has 0 aliphatic carbocycles. The van der Waals surface area contributed by atoms with Crippen molar-refractivity contribution in [2.24, 2.45) is 0 Å². The number of amides is 1. The van der Waals surface area contributed by atoms with Gasteiger partial charge in [0.1, 0.15) is 5.75 Å². The van der Waals surface area contributed by atoms with Crippen molar-refractivity contribution in [3.8, 4) is 5.75 Å². The molecule has 1 amide bonds. The lowest BCUT2D eigenvalue weighted by molar-refractivity contribution is 0.0993. The maximum atomic E-state index is 13.1. The molecule has 27 heavy (non-hydrogen) atoms. The van der Waals surface area contributed by atoms with Crippen LogP contribution in [-0.2, 0) is 0 Å². The van der Waals surface area contributed by atoms with E-state index in [9.17, 15) is 4.79 Å². The summed E-state index contributed by atoms with van der Waals surface area (Å²) in [6, 6.07) is 17.4. The largest absolute Gasteiger partial charge is 0.497 e. The van der Waals surface area contributed by atoms with Gasteiger partial charge in [0.05, 0.1) is 24.1 Å². The van der Waals surface area contributed by atoms with Gasteiger partial charge in [-0.1, -0.05) is 12.1 Å². The zero-order valence-electron chi connectivity index (χ0n) is 15.6. The third-order valence-corrected chi connectivity index (χ3v) is 4.66. The Morgan fingerprint density at radius 2 is 1.81 bits per heavy atom. The second-order valence-electron chi connectivity index (χ2n) is 6.74. The summed E-state index contributed by atoms with van der Waals surface area (Å²) in [5.74, 6) is 0.627. The number of anilines is 2. The lowest BCUT2D eigenvalue weighted by Gasteiger charge is -2.27. The maximum Gasteiger partial charge on any atom is 0.262 e. The number of carbonyl (C=O) groups excluding carboxylic acids is 1. The number of carbonyl (C=O) groups is 1. The van der Waals surface area contributed by atoms with Gasteiger partial charge in [-0.15, -0.1) is 0 Å². The molecule has 0 saturated heterocycles. The number of ether oxygens (including phenoxy) is 1. The fourth-order valence-corrected chi connectivity index (χ4v) is 3.56. The maximum absolute atomic E-state index is 13.1. The first-order valence-corrected chi connectivity index (χ1v) is 8.84. The predicted octanol–water partition coefficient (Wildman–Crippen LogP) is 4.48. The number of aryl methyl sites for hydroxylation is 2. The minimum Gasteiger partial charge on any atom is -0.497 e. The average Bonchev–Trinajstić information content (AvgIpc) is 2.93. The number of hydrogen-bond acceptors (Lipinski definition) is 4. The van der Waals surface area contributed by atoms with Crippen LogP contribution in [0, 0.1) is 13.8 Å². The van der Waals surface area contributed by atoms with Gasteiger partial charge in [-0.25, -0.2) is 0 Å². The molecule has 0 radical (unpaired) electrons. The van der Waals surface area contributed by atoms with E-state index in [2.05, 4.69) is 42.3 Å². The molecule has 1 aliphatic rings. The molecule has 0 saturated carbocycles. The smallest absolute Gasteiger partial charge is 0.262 e. The topological polar surface area (TPSA) is 54.5 Å². The SMILES string of the molecule is COc1cccc(N2C(=O)c3cccnc3[C@@H]2Nc2cc(C)cc(C)c2)c1. The van der Waals surface area contributed by atoms with Gasteiger partial charge >= 0.3 is 0 Å². The van der Waals surface area contributed by atoms with E-state index in [0.717, 1.165) is 28.2 Å². The molecule has 0 spiro atoms. The van der Waals surface area contributed by atoms with Crippen molar-refractivity contribution < 1.29 is 9.53 Å². The van der Waals surface area contributed by atoms with Gasteiger partial charge < -0.3 is 10.1 Å². The molecule has 5 nitrogen and oxygen atoms in total. The Kier molecular flexibility index (Phi) is 4.28. The Morgan fingerprint density at radius 3 is 2.56 bits per heavy atom. The summed E-state index contributed by atoms with van der Waals surface area (Å²) >= 11 is 0. The Labute approximate surface area is 158 Å². The monoisotopic (exact) mass is 359 g/mol. The first-order chi connectivity index (χ1) is 13.1. The third kappa shape index (κ3) is 3.12. The summed E-state index contributed by atoms with van der Waals surface area (Å²) in [7, 11) is 1.62. The molecule has 4 rings (SSSR count). The van der Waals surface area contributed by atoms with Crippen LogP contribution in [0.1, 0.15) is 33.3 Å². The van der Waals surface area contributed by atoms with Crippen LogP contribution >= 0.6 is 0 Å². The van der Waals surface area contributed by atoms with Crippen molar-refractivity contribution >= 4 is 17.3 Å². The average molecular weight is 359 g/mol. The lowest BCUT2D eigenvalue weighted by atomic mass is 10.1. The minimum absolute atomic E-state index is 0.0757. The van der Waals surface area contributed by atoms with Crippen molar-refractivity contribution in [3.05, 3.63) is 83.2 Å². The van der Waals surface area contributed by atoms with E-state index >= 15 is 0 Å². The van der Waals surface area contributed by atoms with Crippen LogP contribution in [0.2, 0.25) is 0 Å². The summed E-state index contributed by atoms with van der Waals surface area (Å²) in [6.07, 6.45) is 1.33. The molecular formula is C22H21N3O2. The van der Waals surface area contributed by atoms with Gasteiger partial charge in [0, 0.05) is 18.0 Å². The highest BCUT2D eigenvalue weighted by Gasteiger charge is 2.39. The predicted molar refractivity (Wildman–Crippen MR) is 106 cm³/mol. The van der Waals surface area contributed by atoms with E-state index in [1.54, 1.807) is 24.3 Å². The van der Waals surface area contributed by atoms with Crippen LogP contribution in [0.4, 0.5) is 11.4 Å². The quantitative estimate of drug-likeness (QED) is 0.746. The summed E-state index contributed by atoms with van der Waals surface area (Å²) < 4.78 is 5.34. The number of methoxy groups -OCH3 is 1. The number of nitrogens with one attached hydrogen (secondary N) is 1. The molecule has 1 atom stereocenters. The fraction of sp³-hybridized carbons (Fsp3) is 0.182. The van der Waals surface area contributed by atoms with Crippen molar-refractivity contribution in [2.45, 2.75) is 20.0 Å². The zero-order valence-corrected chi connectivity index (χ0v) is 15.6. The van der Waals surface area contributed by atoms with Gasteiger partial charge in [-0.05, 0) is 61.4 Å². The highest BCUT2D eigenvalue weighted by atomic mass is 16.5. The highest BCUT2D eigenvalue weighted by Crippen LogP contribution is 2.38. The molecule has 1 aliphatic heterocycles. The second kappa shape index (κ2) is 6.76. The van der Waals surface area contributed by atoms with Gasteiger partial charge in [-0.3, -0.25) is 14.7 Å². The molecule has 1 aromatic heterocycles. The van der Waals surface area contributed by atoms with Gasteiger partial charge in [0.15, 0.2) is 6.17 Å². The lowest BCUT2D eigenvalue weighted by Crippen LogP contribution is -2.32. The first kappa shape index (κ1) is 17.1. The normalized spacial score (nSPS) is 15.6. The summed E-state index contributed by atoms with van der Waals surface area (Å²) in [6.45, 7) is 4.12. The van der Waals surface area contributed by atoms with Crippen LogP contribution in [0.5, 0.6) is 5.75 Å². The van der Waals surface area contributed by atoms with E-state index in [1.807, 2.05) is 30.3 Å². The standard InChI is InChI=1S/C22H21N3O2/c1-14-10-15(2)12-16(11-14)24-21-20-19(8-5-9-23-20)22(26)25(21)17-6-4-7-18(13-17)27-3/h4-13,21,24H,1-3H3/t21-/m1/s1. The Bertz CT molecular complexity index is 996. The van der Waals surface area contributed by atoms with Gasteiger partial charge in [-0.2, -0.15) is 0 Å². The first-order valence-electron chi connectivity index (χ1n) is 8.84. The highest BCUT2D eigenvalue weighted by molar-refractivity contribution is 6.11. The molecule has 2 aromatic carbocycles. The number of pyridine rings is 1. The fourth-order valence-electron chi connectivity index (χ4n) is 3.56. The minimum atomic E-state index is -0.387. The molecule has 1 N–H and O–H groups in total. The van der Waals surface area contributed by atoms with Gasteiger partial charge in [0.2, 0.25) is 0 Å². The Hall–Kier alpha value is -3.34. The second-order valence-corrected chi connectivity index (χ2v) is 6.74. The van der Waals surface area contributed by atoms with E-state index < -0.39 is 0 Å². The van der Waals surface area contributed by atoms with Crippen molar-refractivity contribution in [2.75, 3.05) is 17.3 Å². The van der Waals surface area contributed by atoms with E-state index in [1.165, 1.54) is 0 Å². The zero-order chi connectivity index (χ0) is 19.0. The molecule has 2 heterocycles. The number of benzene rings is 2. The van der Waals surface area contributed by atoms with Crippen molar-refractivity contribution in [3.63, 3.8) is 0 Å². The van der Waals surface area contributed by atoms with Gasteiger partial charge in [0.25, 0.3) is 5.91 Å². The van der Waals surface area contributed by atoms with Crippen LogP contribution in [-0.4, -0.2) is 18.0 Å². The summed E-state index contributed by atoms with van der Waals surface area (Å²) in [4.78, 5) is 19.4. The van der Waals surface area contributed by atoms with Crippen molar-refractivity contribution in [1.29, 1.82) is 0 Å². The Morgan fingerprint density at radius 1 is 1.04 bits per heavy atom. The summed E-state index contributed by atoms with van der Waals surface area (Å²) in [5.41, 5.74) is 5.38. The molecule has 0 fully saturated rings. The van der Waals surface area contributed by atoms with E-state index in [0.29, 0.717) is 11.3 Å². The van der Waals surface area contributed by atoms with E-state index in [-0.39, 0.29) is 12.1 Å². The molecule has 3 aromatic rings. The number of rotatable bonds is 4. The van der Waals surface area contributed by atoms with E-state index in [4.69, 9.17) is 4.74 Å². The van der Waals surface area contributed by atoms with Crippen molar-refractivity contribution in [1.82, 2.24) is 4.98 Å².